The molecule has 0 saturated carbocycles. The van der Waals surface area contributed by atoms with E-state index < -0.39 is 5.51 Å². The van der Waals surface area contributed by atoms with Gasteiger partial charge in [-0.2, -0.15) is 13.2 Å². The van der Waals surface area contributed by atoms with Crippen molar-refractivity contribution in [2.45, 2.75) is 16.4 Å². The number of hydrogen-bond donors (Lipinski definition) is 2. The smallest absolute Gasteiger partial charge is 0.314 e. The number of hydrogen-bond acceptors (Lipinski definition) is 3. The largest absolute Gasteiger partial charge is 0.446 e. The molecule has 6 heteroatoms. The quantitative estimate of drug-likeness (QED) is 0.801. The van der Waals surface area contributed by atoms with Crippen LogP contribution in [0.1, 0.15) is 11.6 Å². The van der Waals surface area contributed by atoms with Gasteiger partial charge in [0.05, 0.1) is 0 Å². The molecule has 0 unspecified atom stereocenters. The Bertz CT molecular complexity index is 375. The van der Waals surface area contributed by atoms with Crippen molar-refractivity contribution in [1.29, 1.82) is 0 Å². The van der Waals surface area contributed by atoms with Gasteiger partial charge in [-0.25, -0.2) is 0 Å². The molecule has 0 spiro atoms. The van der Waals surface area contributed by atoms with Crippen LogP contribution >= 0.6 is 11.8 Å². The Morgan fingerprint density at radius 1 is 1.18 bits per heavy atom. The molecule has 1 aliphatic heterocycles. The van der Waals surface area contributed by atoms with Crippen molar-refractivity contribution < 1.29 is 13.2 Å². The van der Waals surface area contributed by atoms with Gasteiger partial charge < -0.3 is 10.6 Å². The van der Waals surface area contributed by atoms with E-state index in [1.165, 1.54) is 6.07 Å². The van der Waals surface area contributed by atoms with Crippen LogP contribution in [0.4, 0.5) is 13.2 Å². The summed E-state index contributed by atoms with van der Waals surface area (Å²) in [7, 11) is 0. The summed E-state index contributed by atoms with van der Waals surface area (Å²) < 4.78 is 37.2. The van der Waals surface area contributed by atoms with Crippen LogP contribution in [-0.4, -0.2) is 25.1 Å². The van der Waals surface area contributed by atoms with E-state index in [1.807, 2.05) is 0 Å². The summed E-state index contributed by atoms with van der Waals surface area (Å²) in [5.74, 6) is 0. The van der Waals surface area contributed by atoms with Crippen molar-refractivity contribution >= 4 is 11.8 Å². The number of rotatable bonds is 2. The molecule has 1 aromatic carbocycles. The van der Waals surface area contributed by atoms with Gasteiger partial charge in [-0.3, -0.25) is 0 Å². The van der Waals surface area contributed by atoms with Gasteiger partial charge in [0.15, 0.2) is 0 Å². The first-order valence-corrected chi connectivity index (χ1v) is 6.17. The van der Waals surface area contributed by atoms with Crippen molar-refractivity contribution in [3.63, 3.8) is 0 Å². The standard InChI is InChI=1S/C11H13F3N2S/c12-11(13,14)17-10-4-2-1-3-8(10)9-7-15-5-6-16-9/h1-4,9,15-16H,5-7H2/t9-/m1/s1. The first-order valence-electron chi connectivity index (χ1n) is 5.35. The second kappa shape index (κ2) is 5.29. The van der Waals surface area contributed by atoms with Crippen LogP contribution in [-0.2, 0) is 0 Å². The van der Waals surface area contributed by atoms with Crippen molar-refractivity contribution in [1.82, 2.24) is 10.6 Å². The Balaban J connectivity index is 2.20. The summed E-state index contributed by atoms with van der Waals surface area (Å²) >= 11 is -0.0468. The molecule has 1 heterocycles. The number of benzene rings is 1. The van der Waals surface area contributed by atoms with Crippen LogP contribution in [0.5, 0.6) is 0 Å². The van der Waals surface area contributed by atoms with Gasteiger partial charge in [0.25, 0.3) is 0 Å². The molecule has 1 fully saturated rings. The predicted molar refractivity (Wildman–Crippen MR) is 62.0 cm³/mol. The number of thioether (sulfide) groups is 1. The molecule has 1 saturated heterocycles. The summed E-state index contributed by atoms with van der Waals surface area (Å²) in [4.78, 5) is 0.279. The molecule has 17 heavy (non-hydrogen) atoms. The Kier molecular flexibility index (Phi) is 3.96. The minimum Gasteiger partial charge on any atom is -0.314 e. The van der Waals surface area contributed by atoms with E-state index in [-0.39, 0.29) is 22.7 Å². The molecule has 0 radical (unpaired) electrons. The van der Waals surface area contributed by atoms with E-state index in [1.54, 1.807) is 18.2 Å². The van der Waals surface area contributed by atoms with E-state index in [2.05, 4.69) is 10.6 Å². The minimum absolute atomic E-state index is 0.0465. The van der Waals surface area contributed by atoms with Crippen molar-refractivity contribution in [2.24, 2.45) is 0 Å². The first-order chi connectivity index (χ1) is 8.06. The van der Waals surface area contributed by atoms with Crippen LogP contribution in [0.3, 0.4) is 0 Å². The number of piperazine rings is 1. The highest BCUT2D eigenvalue weighted by Gasteiger charge is 2.31. The van der Waals surface area contributed by atoms with E-state index in [0.29, 0.717) is 12.1 Å². The van der Waals surface area contributed by atoms with Crippen LogP contribution < -0.4 is 10.6 Å². The zero-order chi connectivity index (χ0) is 12.3. The van der Waals surface area contributed by atoms with E-state index in [0.717, 1.165) is 13.1 Å². The molecular formula is C11H13F3N2S. The molecule has 94 valence electrons. The zero-order valence-electron chi connectivity index (χ0n) is 9.05. The van der Waals surface area contributed by atoms with Crippen LogP contribution in [0.25, 0.3) is 0 Å². The van der Waals surface area contributed by atoms with Gasteiger partial charge in [0.1, 0.15) is 0 Å². The lowest BCUT2D eigenvalue weighted by atomic mass is 10.1. The Hall–Kier alpha value is -0.720. The summed E-state index contributed by atoms with van der Waals surface area (Å²) in [6.07, 6.45) is 0. The lowest BCUT2D eigenvalue weighted by molar-refractivity contribution is -0.0328. The van der Waals surface area contributed by atoms with Crippen molar-refractivity contribution in [2.75, 3.05) is 19.6 Å². The number of nitrogens with one attached hydrogen (secondary N) is 2. The number of alkyl halides is 3. The lowest BCUT2D eigenvalue weighted by Crippen LogP contribution is -2.42. The highest BCUT2D eigenvalue weighted by molar-refractivity contribution is 8.00. The van der Waals surface area contributed by atoms with Gasteiger partial charge in [-0.05, 0) is 23.4 Å². The third-order valence-corrected chi connectivity index (χ3v) is 3.38. The first kappa shape index (κ1) is 12.7. The summed E-state index contributed by atoms with van der Waals surface area (Å²) in [6.45, 7) is 2.29. The van der Waals surface area contributed by atoms with Gasteiger partial charge >= 0.3 is 5.51 Å². The van der Waals surface area contributed by atoms with Crippen molar-refractivity contribution in [3.05, 3.63) is 29.8 Å². The maximum Gasteiger partial charge on any atom is 0.446 e. The SMILES string of the molecule is FC(F)(F)Sc1ccccc1[C@H]1CNCCN1. The average Bonchev–Trinajstić information content (AvgIpc) is 2.29. The maximum atomic E-state index is 12.4. The lowest BCUT2D eigenvalue weighted by Gasteiger charge is -2.26. The number of halogens is 3. The van der Waals surface area contributed by atoms with E-state index >= 15 is 0 Å². The Morgan fingerprint density at radius 3 is 2.59 bits per heavy atom. The summed E-state index contributed by atoms with van der Waals surface area (Å²) in [5, 5.41) is 6.39. The fraction of sp³-hybridized carbons (Fsp3) is 0.455. The van der Waals surface area contributed by atoms with E-state index in [9.17, 15) is 13.2 Å². The Morgan fingerprint density at radius 2 is 1.94 bits per heavy atom. The van der Waals surface area contributed by atoms with Crippen LogP contribution in [0.15, 0.2) is 29.2 Å². The second-order valence-corrected chi connectivity index (χ2v) is 4.90. The molecule has 1 aliphatic rings. The van der Waals surface area contributed by atoms with Gasteiger partial charge in [-0.15, -0.1) is 0 Å². The maximum absolute atomic E-state index is 12.4. The third-order valence-electron chi connectivity index (χ3n) is 2.56. The fourth-order valence-electron chi connectivity index (χ4n) is 1.86. The summed E-state index contributed by atoms with van der Waals surface area (Å²) in [5.41, 5.74) is -3.53. The Labute approximate surface area is 102 Å². The van der Waals surface area contributed by atoms with Crippen LogP contribution in [0, 0.1) is 0 Å². The van der Waals surface area contributed by atoms with Gasteiger partial charge in [-0.1, -0.05) is 18.2 Å². The third kappa shape index (κ3) is 3.62. The molecule has 1 aromatic rings. The molecule has 0 aliphatic carbocycles. The predicted octanol–water partition coefficient (Wildman–Crippen LogP) is 2.53. The molecule has 2 rings (SSSR count). The second-order valence-electron chi connectivity index (χ2n) is 3.80. The minimum atomic E-state index is -4.24. The molecule has 2 nitrogen and oxygen atoms in total. The fourth-order valence-corrected chi connectivity index (χ4v) is 2.58. The molecular weight excluding hydrogens is 249 g/mol. The monoisotopic (exact) mass is 262 g/mol. The van der Waals surface area contributed by atoms with Gasteiger partial charge in [0.2, 0.25) is 0 Å². The van der Waals surface area contributed by atoms with Crippen molar-refractivity contribution in [3.8, 4) is 0 Å². The topological polar surface area (TPSA) is 24.1 Å². The normalized spacial score (nSPS) is 21.5. The molecule has 1 atom stereocenters. The molecule has 0 bridgehead atoms. The average molecular weight is 262 g/mol. The van der Waals surface area contributed by atoms with E-state index in [4.69, 9.17) is 0 Å². The highest BCUT2D eigenvalue weighted by atomic mass is 32.2. The molecule has 0 amide bonds. The molecule has 2 N–H and O–H groups in total. The highest BCUT2D eigenvalue weighted by Crippen LogP contribution is 2.40. The molecule has 0 aromatic heterocycles. The van der Waals surface area contributed by atoms with Gasteiger partial charge in [0, 0.05) is 30.6 Å². The van der Waals surface area contributed by atoms with Crippen LogP contribution in [0.2, 0.25) is 0 Å². The zero-order valence-corrected chi connectivity index (χ0v) is 9.87. The summed E-state index contributed by atoms with van der Waals surface area (Å²) in [6, 6.07) is 6.62.